The molecule has 0 saturated heterocycles. The van der Waals surface area contributed by atoms with Gasteiger partial charge in [0.25, 0.3) is 0 Å². The van der Waals surface area contributed by atoms with E-state index < -0.39 is 12.1 Å². The van der Waals surface area contributed by atoms with Crippen LogP contribution < -0.4 is 10.5 Å². The Morgan fingerprint density at radius 1 is 1.53 bits per heavy atom. The van der Waals surface area contributed by atoms with Gasteiger partial charge in [-0.1, -0.05) is 31.0 Å². The molecular formula is C14H20ClNO3. The van der Waals surface area contributed by atoms with Gasteiger partial charge >= 0.3 is 5.97 Å². The fraction of sp³-hybridized carbons (Fsp3) is 0.500. The molecule has 4 nitrogen and oxygen atoms in total. The SMILES string of the molecule is CCCC(Oc1ccc(CC(C)N)cc1Cl)C(=O)O. The third-order valence-corrected chi connectivity index (χ3v) is 2.94. The fourth-order valence-electron chi connectivity index (χ4n) is 1.79. The van der Waals surface area contributed by atoms with Gasteiger partial charge in [0.2, 0.25) is 0 Å². The number of ether oxygens (including phenoxy) is 1. The lowest BCUT2D eigenvalue weighted by molar-refractivity contribution is -0.145. The standard InChI is InChI=1S/C14H20ClNO3/c1-3-4-13(14(17)18)19-12-6-5-10(7-9(2)16)8-11(12)15/h5-6,8-9,13H,3-4,7,16H2,1-2H3,(H,17,18). The van der Waals surface area contributed by atoms with E-state index in [1.165, 1.54) is 0 Å². The zero-order chi connectivity index (χ0) is 14.4. The lowest BCUT2D eigenvalue weighted by Crippen LogP contribution is -2.26. The molecular weight excluding hydrogens is 266 g/mol. The van der Waals surface area contributed by atoms with Gasteiger partial charge in [0.15, 0.2) is 6.10 Å². The summed E-state index contributed by atoms with van der Waals surface area (Å²) in [5.41, 5.74) is 6.73. The molecule has 2 unspecified atom stereocenters. The van der Waals surface area contributed by atoms with Crippen molar-refractivity contribution in [3.8, 4) is 5.75 Å². The van der Waals surface area contributed by atoms with Gasteiger partial charge in [0.05, 0.1) is 5.02 Å². The van der Waals surface area contributed by atoms with Gasteiger partial charge in [0.1, 0.15) is 5.75 Å². The molecule has 0 saturated carbocycles. The number of carboxylic acid groups (broad SMARTS) is 1. The monoisotopic (exact) mass is 285 g/mol. The summed E-state index contributed by atoms with van der Waals surface area (Å²) < 4.78 is 5.44. The molecule has 19 heavy (non-hydrogen) atoms. The van der Waals surface area contributed by atoms with Crippen molar-refractivity contribution in [1.82, 2.24) is 0 Å². The Morgan fingerprint density at radius 3 is 2.68 bits per heavy atom. The Hall–Kier alpha value is -1.26. The van der Waals surface area contributed by atoms with Gasteiger partial charge in [-0.3, -0.25) is 0 Å². The van der Waals surface area contributed by atoms with E-state index in [1.807, 2.05) is 19.9 Å². The van der Waals surface area contributed by atoms with Gasteiger partial charge in [-0.15, -0.1) is 0 Å². The number of aliphatic carboxylic acids is 1. The van der Waals surface area contributed by atoms with Crippen molar-refractivity contribution in [1.29, 1.82) is 0 Å². The molecule has 1 rings (SSSR count). The van der Waals surface area contributed by atoms with Crippen LogP contribution in [0.15, 0.2) is 18.2 Å². The fourth-order valence-corrected chi connectivity index (χ4v) is 2.03. The largest absolute Gasteiger partial charge is 0.479 e. The smallest absolute Gasteiger partial charge is 0.344 e. The molecule has 106 valence electrons. The van der Waals surface area contributed by atoms with Gasteiger partial charge in [-0.05, 0) is 37.5 Å². The van der Waals surface area contributed by atoms with Crippen LogP contribution in [-0.2, 0) is 11.2 Å². The van der Waals surface area contributed by atoms with Crippen LogP contribution in [0.1, 0.15) is 32.3 Å². The molecule has 0 bridgehead atoms. The average Bonchev–Trinajstić information content (AvgIpc) is 2.30. The van der Waals surface area contributed by atoms with E-state index in [2.05, 4.69) is 0 Å². The van der Waals surface area contributed by atoms with Crippen LogP contribution in [0.3, 0.4) is 0 Å². The highest BCUT2D eigenvalue weighted by Crippen LogP contribution is 2.27. The van der Waals surface area contributed by atoms with Gasteiger partial charge in [-0.25, -0.2) is 4.79 Å². The highest BCUT2D eigenvalue weighted by atomic mass is 35.5. The van der Waals surface area contributed by atoms with E-state index in [9.17, 15) is 4.79 Å². The Morgan fingerprint density at radius 2 is 2.21 bits per heavy atom. The van der Waals surface area contributed by atoms with Crippen LogP contribution in [0.4, 0.5) is 0 Å². The third-order valence-electron chi connectivity index (χ3n) is 2.65. The second-order valence-corrected chi connectivity index (χ2v) is 5.09. The van der Waals surface area contributed by atoms with Crippen molar-refractivity contribution in [2.75, 3.05) is 0 Å². The van der Waals surface area contributed by atoms with E-state index in [1.54, 1.807) is 12.1 Å². The summed E-state index contributed by atoms with van der Waals surface area (Å²) >= 11 is 6.10. The quantitative estimate of drug-likeness (QED) is 0.808. The molecule has 2 atom stereocenters. The molecule has 5 heteroatoms. The van der Waals surface area contributed by atoms with Gasteiger partial charge in [0, 0.05) is 6.04 Å². The maximum atomic E-state index is 11.0. The summed E-state index contributed by atoms with van der Waals surface area (Å²) in [5.74, 6) is -0.575. The molecule has 0 aromatic heterocycles. The van der Waals surface area contributed by atoms with Crippen molar-refractivity contribution >= 4 is 17.6 Å². The lowest BCUT2D eigenvalue weighted by Gasteiger charge is -2.16. The molecule has 1 aromatic rings. The number of carboxylic acids is 1. The molecule has 0 spiro atoms. The number of benzene rings is 1. The molecule has 3 N–H and O–H groups in total. The lowest BCUT2D eigenvalue weighted by atomic mass is 10.1. The first-order valence-corrected chi connectivity index (χ1v) is 6.75. The summed E-state index contributed by atoms with van der Waals surface area (Å²) in [6, 6.07) is 5.38. The first kappa shape index (κ1) is 15.8. The molecule has 0 amide bonds. The Labute approximate surface area is 118 Å². The molecule has 1 aromatic carbocycles. The second-order valence-electron chi connectivity index (χ2n) is 4.68. The zero-order valence-corrected chi connectivity index (χ0v) is 12.0. The second kappa shape index (κ2) is 7.36. The molecule has 0 heterocycles. The van der Waals surface area contributed by atoms with Crippen molar-refractivity contribution in [2.24, 2.45) is 5.73 Å². The van der Waals surface area contributed by atoms with Crippen LogP contribution in [0.25, 0.3) is 0 Å². The topological polar surface area (TPSA) is 72.5 Å². The Bertz CT molecular complexity index is 435. The molecule has 0 radical (unpaired) electrons. The first-order valence-electron chi connectivity index (χ1n) is 6.37. The number of nitrogens with two attached hydrogens (primary N) is 1. The van der Waals surface area contributed by atoms with Crippen molar-refractivity contribution < 1.29 is 14.6 Å². The molecule has 0 fully saturated rings. The average molecular weight is 286 g/mol. The van der Waals surface area contributed by atoms with E-state index in [0.717, 1.165) is 18.4 Å². The van der Waals surface area contributed by atoms with Crippen LogP contribution in [0.5, 0.6) is 5.75 Å². The van der Waals surface area contributed by atoms with Crippen molar-refractivity contribution in [3.05, 3.63) is 28.8 Å². The third kappa shape index (κ3) is 5.09. The summed E-state index contributed by atoms with van der Waals surface area (Å²) in [6.45, 7) is 3.83. The Balaban J connectivity index is 2.81. The number of carbonyl (C=O) groups is 1. The zero-order valence-electron chi connectivity index (χ0n) is 11.2. The highest BCUT2D eigenvalue weighted by Gasteiger charge is 2.19. The van der Waals surface area contributed by atoms with Gasteiger partial charge < -0.3 is 15.6 Å². The maximum Gasteiger partial charge on any atom is 0.344 e. The first-order chi connectivity index (χ1) is 8.93. The predicted molar refractivity (Wildman–Crippen MR) is 75.8 cm³/mol. The van der Waals surface area contributed by atoms with Crippen LogP contribution in [0, 0.1) is 0 Å². The number of halogens is 1. The Kier molecular flexibility index (Phi) is 6.12. The summed E-state index contributed by atoms with van der Waals surface area (Å²) in [7, 11) is 0. The minimum atomic E-state index is -0.974. The van der Waals surface area contributed by atoms with E-state index in [0.29, 0.717) is 17.2 Å². The molecule has 0 aliphatic rings. The van der Waals surface area contributed by atoms with Crippen LogP contribution in [0.2, 0.25) is 5.02 Å². The molecule has 0 aliphatic heterocycles. The number of hydrogen-bond acceptors (Lipinski definition) is 3. The van der Waals surface area contributed by atoms with Crippen molar-refractivity contribution in [3.63, 3.8) is 0 Å². The maximum absolute atomic E-state index is 11.0. The minimum absolute atomic E-state index is 0.0506. The highest BCUT2D eigenvalue weighted by molar-refractivity contribution is 6.32. The summed E-state index contributed by atoms with van der Waals surface area (Å²) in [6.07, 6.45) is 1.05. The van der Waals surface area contributed by atoms with Gasteiger partial charge in [-0.2, -0.15) is 0 Å². The normalized spacial score (nSPS) is 13.9. The summed E-state index contributed by atoms with van der Waals surface area (Å²) in [4.78, 5) is 11.0. The van der Waals surface area contributed by atoms with Crippen molar-refractivity contribution in [2.45, 2.75) is 45.3 Å². The minimum Gasteiger partial charge on any atom is -0.479 e. The van der Waals surface area contributed by atoms with Crippen LogP contribution >= 0.6 is 11.6 Å². The van der Waals surface area contributed by atoms with E-state index >= 15 is 0 Å². The molecule has 0 aliphatic carbocycles. The number of hydrogen-bond donors (Lipinski definition) is 2. The van der Waals surface area contributed by atoms with Crippen LogP contribution in [-0.4, -0.2) is 23.2 Å². The number of rotatable bonds is 7. The summed E-state index contributed by atoms with van der Waals surface area (Å²) in [5, 5.41) is 9.46. The predicted octanol–water partition coefficient (Wildman–Crippen LogP) is 2.86. The van der Waals surface area contributed by atoms with E-state index in [4.69, 9.17) is 27.2 Å². The van der Waals surface area contributed by atoms with E-state index in [-0.39, 0.29) is 6.04 Å².